The molecular formula is C23H34N2O5. The number of nitrogens with one attached hydrogen (secondary N) is 1. The normalized spacial score (nSPS) is 15.9. The van der Waals surface area contributed by atoms with Crippen LogP contribution in [0.3, 0.4) is 0 Å². The lowest BCUT2D eigenvalue weighted by molar-refractivity contribution is -0.154. The Morgan fingerprint density at radius 2 is 1.77 bits per heavy atom. The summed E-state index contributed by atoms with van der Waals surface area (Å²) in [4.78, 5) is 38.0. The van der Waals surface area contributed by atoms with Gasteiger partial charge in [0.2, 0.25) is 0 Å². The van der Waals surface area contributed by atoms with Gasteiger partial charge in [0.15, 0.2) is 6.61 Å². The van der Waals surface area contributed by atoms with Crippen molar-refractivity contribution >= 4 is 18.0 Å². The first-order chi connectivity index (χ1) is 14.1. The van der Waals surface area contributed by atoms with E-state index in [2.05, 4.69) is 17.4 Å². The van der Waals surface area contributed by atoms with Crippen LogP contribution < -0.4 is 5.32 Å². The zero-order chi connectivity index (χ0) is 22.1. The fraction of sp³-hybridized carbons (Fsp3) is 0.609. The lowest BCUT2D eigenvalue weighted by atomic mass is 9.97. The predicted molar refractivity (Wildman–Crippen MR) is 114 cm³/mol. The van der Waals surface area contributed by atoms with Gasteiger partial charge in [-0.05, 0) is 58.9 Å². The van der Waals surface area contributed by atoms with Gasteiger partial charge in [0.1, 0.15) is 5.60 Å². The number of hydrogen-bond acceptors (Lipinski definition) is 5. The molecule has 0 saturated carbocycles. The number of likely N-dealkylation sites (tertiary alicyclic amines) is 1. The van der Waals surface area contributed by atoms with E-state index in [0.29, 0.717) is 25.9 Å². The summed E-state index contributed by atoms with van der Waals surface area (Å²) in [5.41, 5.74) is 0.682. The number of amides is 2. The summed E-state index contributed by atoms with van der Waals surface area (Å²) < 4.78 is 10.6. The van der Waals surface area contributed by atoms with Crippen molar-refractivity contribution in [1.82, 2.24) is 10.2 Å². The molecule has 0 spiro atoms. The van der Waals surface area contributed by atoms with E-state index in [4.69, 9.17) is 9.47 Å². The van der Waals surface area contributed by atoms with Crippen LogP contribution in [0.5, 0.6) is 0 Å². The fourth-order valence-corrected chi connectivity index (χ4v) is 3.30. The van der Waals surface area contributed by atoms with Gasteiger partial charge in [-0.15, -0.1) is 0 Å². The monoisotopic (exact) mass is 418 g/mol. The average molecular weight is 419 g/mol. The SMILES string of the molecule is C[C@@H](CCc1ccccc1)NC(=O)COC(=O)C1CCN(C(=O)OC(C)(C)C)CC1. The number of rotatable bonds is 7. The van der Waals surface area contributed by atoms with Crippen LogP contribution in [0.15, 0.2) is 30.3 Å². The number of esters is 1. The Morgan fingerprint density at radius 3 is 2.37 bits per heavy atom. The van der Waals surface area contributed by atoms with E-state index in [1.165, 1.54) is 5.56 Å². The molecule has 1 heterocycles. The Labute approximate surface area is 179 Å². The number of carbonyl (C=O) groups is 3. The van der Waals surface area contributed by atoms with Crippen molar-refractivity contribution in [2.75, 3.05) is 19.7 Å². The van der Waals surface area contributed by atoms with Gasteiger partial charge >= 0.3 is 12.1 Å². The van der Waals surface area contributed by atoms with Gasteiger partial charge in [0.05, 0.1) is 5.92 Å². The molecule has 0 unspecified atom stereocenters. The summed E-state index contributed by atoms with van der Waals surface area (Å²) in [7, 11) is 0. The van der Waals surface area contributed by atoms with Gasteiger partial charge in [0, 0.05) is 19.1 Å². The quantitative estimate of drug-likeness (QED) is 0.687. The van der Waals surface area contributed by atoms with Gasteiger partial charge in [-0.1, -0.05) is 30.3 Å². The minimum atomic E-state index is -0.543. The number of piperidine rings is 1. The van der Waals surface area contributed by atoms with Crippen molar-refractivity contribution < 1.29 is 23.9 Å². The highest BCUT2D eigenvalue weighted by atomic mass is 16.6. The molecule has 2 amide bonds. The van der Waals surface area contributed by atoms with E-state index >= 15 is 0 Å². The van der Waals surface area contributed by atoms with E-state index in [-0.39, 0.29) is 36.5 Å². The maximum atomic E-state index is 12.3. The smallest absolute Gasteiger partial charge is 0.410 e. The second kappa shape index (κ2) is 11.0. The Kier molecular flexibility index (Phi) is 8.69. The lowest BCUT2D eigenvalue weighted by Gasteiger charge is -2.32. The number of ether oxygens (including phenoxy) is 2. The predicted octanol–water partition coefficient (Wildman–Crippen LogP) is 3.31. The van der Waals surface area contributed by atoms with Crippen molar-refractivity contribution in [3.05, 3.63) is 35.9 Å². The van der Waals surface area contributed by atoms with Crippen LogP contribution >= 0.6 is 0 Å². The van der Waals surface area contributed by atoms with Crippen molar-refractivity contribution in [2.45, 2.75) is 65.0 Å². The van der Waals surface area contributed by atoms with Crippen LogP contribution in [-0.4, -0.2) is 54.2 Å². The van der Waals surface area contributed by atoms with Crippen LogP contribution in [0.25, 0.3) is 0 Å². The largest absolute Gasteiger partial charge is 0.455 e. The van der Waals surface area contributed by atoms with Crippen molar-refractivity contribution in [3.8, 4) is 0 Å². The first kappa shape index (κ1) is 23.7. The number of aryl methyl sites for hydroxylation is 1. The first-order valence-electron chi connectivity index (χ1n) is 10.6. The summed E-state index contributed by atoms with van der Waals surface area (Å²) in [6, 6.07) is 10.1. The third kappa shape index (κ3) is 8.43. The molecule has 1 atom stereocenters. The topological polar surface area (TPSA) is 84.9 Å². The molecule has 1 aromatic rings. The molecule has 0 radical (unpaired) electrons. The van der Waals surface area contributed by atoms with E-state index in [1.54, 1.807) is 4.90 Å². The van der Waals surface area contributed by atoms with Crippen LogP contribution in [0, 0.1) is 5.92 Å². The standard InChI is InChI=1S/C23H34N2O5/c1-17(10-11-18-8-6-5-7-9-18)24-20(26)16-29-21(27)19-12-14-25(15-13-19)22(28)30-23(2,3)4/h5-9,17,19H,10-16H2,1-4H3,(H,24,26)/t17-/m0/s1. The molecule has 0 bridgehead atoms. The van der Waals surface area contributed by atoms with Gasteiger partial charge in [-0.25, -0.2) is 4.79 Å². The number of benzene rings is 1. The van der Waals surface area contributed by atoms with E-state index in [9.17, 15) is 14.4 Å². The number of nitrogens with zero attached hydrogens (tertiary/aromatic N) is 1. The van der Waals surface area contributed by atoms with E-state index < -0.39 is 5.60 Å². The molecule has 1 aliphatic rings. The summed E-state index contributed by atoms with van der Waals surface area (Å²) in [6.07, 6.45) is 2.34. The molecule has 1 saturated heterocycles. The third-order valence-electron chi connectivity index (χ3n) is 4.94. The Bertz CT molecular complexity index is 706. The molecule has 0 aromatic heterocycles. The Balaban J connectivity index is 1.64. The zero-order valence-electron chi connectivity index (χ0n) is 18.5. The highest BCUT2D eigenvalue weighted by Gasteiger charge is 2.31. The Hall–Kier alpha value is -2.57. The van der Waals surface area contributed by atoms with Gasteiger partial charge in [-0.2, -0.15) is 0 Å². The van der Waals surface area contributed by atoms with E-state index in [0.717, 1.165) is 12.8 Å². The molecule has 1 aromatic carbocycles. The molecule has 7 heteroatoms. The summed E-state index contributed by atoms with van der Waals surface area (Å²) >= 11 is 0. The molecule has 166 valence electrons. The highest BCUT2D eigenvalue weighted by Crippen LogP contribution is 2.20. The van der Waals surface area contributed by atoms with Crippen LogP contribution in [-0.2, 0) is 25.5 Å². The van der Waals surface area contributed by atoms with Crippen molar-refractivity contribution in [2.24, 2.45) is 5.92 Å². The first-order valence-corrected chi connectivity index (χ1v) is 10.6. The maximum absolute atomic E-state index is 12.3. The second-order valence-corrected chi connectivity index (χ2v) is 8.84. The number of hydrogen-bond donors (Lipinski definition) is 1. The molecule has 7 nitrogen and oxygen atoms in total. The highest BCUT2D eigenvalue weighted by molar-refractivity contribution is 5.81. The minimum absolute atomic E-state index is 0.00604. The second-order valence-electron chi connectivity index (χ2n) is 8.84. The molecule has 2 rings (SSSR count). The van der Waals surface area contributed by atoms with Crippen molar-refractivity contribution in [1.29, 1.82) is 0 Å². The van der Waals surface area contributed by atoms with Crippen molar-refractivity contribution in [3.63, 3.8) is 0 Å². The van der Waals surface area contributed by atoms with Crippen LogP contribution in [0.2, 0.25) is 0 Å². The van der Waals surface area contributed by atoms with E-state index in [1.807, 2.05) is 45.9 Å². The lowest BCUT2D eigenvalue weighted by Crippen LogP contribution is -2.43. The summed E-state index contributed by atoms with van der Waals surface area (Å²) in [5, 5.41) is 2.87. The summed E-state index contributed by atoms with van der Waals surface area (Å²) in [5.74, 6) is -0.979. The minimum Gasteiger partial charge on any atom is -0.455 e. The molecule has 1 N–H and O–H groups in total. The molecule has 30 heavy (non-hydrogen) atoms. The molecular weight excluding hydrogens is 384 g/mol. The van der Waals surface area contributed by atoms with Crippen LogP contribution in [0.1, 0.15) is 52.5 Å². The van der Waals surface area contributed by atoms with Gasteiger partial charge in [-0.3, -0.25) is 9.59 Å². The third-order valence-corrected chi connectivity index (χ3v) is 4.94. The Morgan fingerprint density at radius 1 is 1.13 bits per heavy atom. The molecule has 1 aliphatic heterocycles. The average Bonchev–Trinajstić information content (AvgIpc) is 2.70. The maximum Gasteiger partial charge on any atom is 0.410 e. The summed E-state index contributed by atoms with van der Waals surface area (Å²) in [6.45, 7) is 8.01. The van der Waals surface area contributed by atoms with Gasteiger partial charge < -0.3 is 19.7 Å². The molecule has 1 fully saturated rings. The fourth-order valence-electron chi connectivity index (χ4n) is 3.30. The molecule has 0 aliphatic carbocycles. The zero-order valence-corrected chi connectivity index (χ0v) is 18.5. The van der Waals surface area contributed by atoms with Crippen LogP contribution in [0.4, 0.5) is 4.79 Å². The van der Waals surface area contributed by atoms with Gasteiger partial charge in [0.25, 0.3) is 5.91 Å². The number of carbonyl (C=O) groups excluding carboxylic acids is 3.